The number of likely N-dealkylation sites (tertiary alicyclic amines) is 1. The van der Waals surface area contributed by atoms with Crippen LogP contribution in [-0.4, -0.2) is 29.8 Å². The first-order valence-electron chi connectivity index (χ1n) is 4.62. The molecular weight excluding hydrogens is 168 g/mol. The fourth-order valence-corrected chi connectivity index (χ4v) is 1.59. The Balaban J connectivity index is 2.69. The summed E-state index contributed by atoms with van der Waals surface area (Å²) in [5.41, 5.74) is 5.31. The predicted octanol–water partition coefficient (Wildman–Crippen LogP) is -0.0238. The molecule has 74 valence electrons. The lowest BCUT2D eigenvalue weighted by molar-refractivity contribution is -0.139. The molecule has 0 radical (unpaired) electrons. The second-order valence-corrected chi connectivity index (χ2v) is 3.73. The van der Waals surface area contributed by atoms with Crippen molar-refractivity contribution in [3.05, 3.63) is 0 Å². The van der Waals surface area contributed by atoms with Crippen LogP contribution in [0.15, 0.2) is 0 Å². The summed E-state index contributed by atoms with van der Waals surface area (Å²) < 4.78 is 0. The van der Waals surface area contributed by atoms with Crippen molar-refractivity contribution in [2.75, 3.05) is 13.1 Å². The second kappa shape index (κ2) is 3.87. The van der Waals surface area contributed by atoms with Gasteiger partial charge in [0.25, 0.3) is 0 Å². The van der Waals surface area contributed by atoms with Crippen LogP contribution in [0.3, 0.4) is 0 Å². The minimum Gasteiger partial charge on any atom is -0.329 e. The van der Waals surface area contributed by atoms with E-state index in [4.69, 9.17) is 5.73 Å². The van der Waals surface area contributed by atoms with Crippen molar-refractivity contribution in [3.63, 3.8) is 0 Å². The summed E-state index contributed by atoms with van der Waals surface area (Å²) in [5.74, 6) is -0.0159. The van der Waals surface area contributed by atoms with E-state index in [0.29, 0.717) is 19.5 Å². The number of carbonyl (C=O) groups excluding carboxylic acids is 2. The van der Waals surface area contributed by atoms with Crippen LogP contribution in [-0.2, 0) is 9.59 Å². The smallest absolute Gasteiger partial charge is 0.233 e. The second-order valence-electron chi connectivity index (χ2n) is 3.73. The van der Waals surface area contributed by atoms with Crippen LogP contribution in [0, 0.1) is 11.8 Å². The summed E-state index contributed by atoms with van der Waals surface area (Å²) in [6.45, 7) is 4.63. The minimum absolute atomic E-state index is 0.0505. The van der Waals surface area contributed by atoms with Crippen molar-refractivity contribution in [1.29, 1.82) is 0 Å². The van der Waals surface area contributed by atoms with Gasteiger partial charge in [-0.1, -0.05) is 13.8 Å². The Morgan fingerprint density at radius 2 is 2.15 bits per heavy atom. The van der Waals surface area contributed by atoms with Crippen LogP contribution < -0.4 is 5.73 Å². The molecule has 0 aromatic heterocycles. The number of hydrogen-bond donors (Lipinski definition) is 1. The van der Waals surface area contributed by atoms with Gasteiger partial charge in [-0.2, -0.15) is 0 Å². The molecule has 4 nitrogen and oxygen atoms in total. The Labute approximate surface area is 78.1 Å². The lowest BCUT2D eigenvalue weighted by Crippen LogP contribution is -2.35. The predicted molar refractivity (Wildman–Crippen MR) is 48.7 cm³/mol. The van der Waals surface area contributed by atoms with Gasteiger partial charge >= 0.3 is 0 Å². The third-order valence-electron chi connectivity index (χ3n) is 2.44. The Bertz CT molecular complexity index is 226. The Morgan fingerprint density at radius 1 is 1.54 bits per heavy atom. The molecule has 0 spiro atoms. The number of nitrogens with two attached hydrogens (primary N) is 1. The zero-order chi connectivity index (χ0) is 10.0. The number of rotatable bonds is 3. The highest BCUT2D eigenvalue weighted by Gasteiger charge is 2.39. The lowest BCUT2D eigenvalue weighted by Gasteiger charge is -2.14. The van der Waals surface area contributed by atoms with E-state index in [1.165, 1.54) is 4.90 Å². The summed E-state index contributed by atoms with van der Waals surface area (Å²) in [6.07, 6.45) is 0.358. The minimum atomic E-state index is -0.126. The van der Waals surface area contributed by atoms with E-state index in [0.717, 1.165) is 0 Å². The van der Waals surface area contributed by atoms with Crippen LogP contribution >= 0.6 is 0 Å². The maximum absolute atomic E-state index is 11.6. The third-order valence-corrected chi connectivity index (χ3v) is 2.44. The SMILES string of the molecule is CC(C)C1CC(=O)N(CCN)C1=O. The molecule has 1 heterocycles. The molecule has 2 amide bonds. The summed E-state index contributed by atoms with van der Waals surface area (Å²) in [5, 5.41) is 0. The molecule has 1 aliphatic rings. The molecule has 0 saturated carbocycles. The molecule has 0 bridgehead atoms. The summed E-state index contributed by atoms with van der Waals surface area (Å²) in [7, 11) is 0. The standard InChI is InChI=1S/C9H16N2O2/c1-6(2)7-5-8(12)11(4-3-10)9(7)13/h6-7H,3-5,10H2,1-2H3. The van der Waals surface area contributed by atoms with E-state index < -0.39 is 0 Å². The van der Waals surface area contributed by atoms with Gasteiger partial charge < -0.3 is 5.73 Å². The largest absolute Gasteiger partial charge is 0.329 e. The van der Waals surface area contributed by atoms with Crippen molar-refractivity contribution in [2.24, 2.45) is 17.6 Å². The number of carbonyl (C=O) groups is 2. The first kappa shape index (κ1) is 10.2. The molecule has 1 saturated heterocycles. The van der Waals surface area contributed by atoms with Crippen LogP contribution in [0.1, 0.15) is 20.3 Å². The van der Waals surface area contributed by atoms with Gasteiger partial charge in [-0.05, 0) is 5.92 Å². The highest BCUT2D eigenvalue weighted by atomic mass is 16.2. The zero-order valence-corrected chi connectivity index (χ0v) is 8.12. The van der Waals surface area contributed by atoms with Crippen molar-refractivity contribution < 1.29 is 9.59 Å². The normalized spacial score (nSPS) is 23.4. The monoisotopic (exact) mass is 184 g/mol. The molecule has 1 unspecified atom stereocenters. The first-order chi connectivity index (χ1) is 6.07. The first-order valence-corrected chi connectivity index (χ1v) is 4.62. The highest BCUT2D eigenvalue weighted by molar-refractivity contribution is 6.03. The van der Waals surface area contributed by atoms with E-state index in [1.807, 2.05) is 13.8 Å². The Hall–Kier alpha value is -0.900. The van der Waals surface area contributed by atoms with Crippen LogP contribution in [0.25, 0.3) is 0 Å². The van der Waals surface area contributed by atoms with Crippen molar-refractivity contribution in [3.8, 4) is 0 Å². The van der Waals surface area contributed by atoms with Gasteiger partial charge in [0.2, 0.25) is 11.8 Å². The maximum Gasteiger partial charge on any atom is 0.233 e. The molecule has 1 aliphatic heterocycles. The van der Waals surface area contributed by atoms with Gasteiger partial charge in [0.05, 0.1) is 0 Å². The zero-order valence-electron chi connectivity index (χ0n) is 8.12. The molecular formula is C9H16N2O2. The molecule has 0 aliphatic carbocycles. The van der Waals surface area contributed by atoms with Crippen molar-refractivity contribution >= 4 is 11.8 Å². The molecule has 0 aromatic rings. The van der Waals surface area contributed by atoms with Crippen LogP contribution in [0.2, 0.25) is 0 Å². The van der Waals surface area contributed by atoms with Gasteiger partial charge in [-0.3, -0.25) is 14.5 Å². The summed E-state index contributed by atoms with van der Waals surface area (Å²) in [4.78, 5) is 24.2. The van der Waals surface area contributed by atoms with Crippen molar-refractivity contribution in [2.45, 2.75) is 20.3 Å². The summed E-state index contributed by atoms with van der Waals surface area (Å²) >= 11 is 0. The number of hydrogen-bond acceptors (Lipinski definition) is 3. The van der Waals surface area contributed by atoms with Gasteiger partial charge in [-0.25, -0.2) is 0 Å². The Morgan fingerprint density at radius 3 is 2.54 bits per heavy atom. The van der Waals surface area contributed by atoms with E-state index >= 15 is 0 Å². The quantitative estimate of drug-likeness (QED) is 0.627. The molecule has 1 fully saturated rings. The molecule has 13 heavy (non-hydrogen) atoms. The van der Waals surface area contributed by atoms with Gasteiger partial charge in [0.1, 0.15) is 0 Å². The third kappa shape index (κ3) is 1.88. The fourth-order valence-electron chi connectivity index (χ4n) is 1.59. The fraction of sp³-hybridized carbons (Fsp3) is 0.778. The highest BCUT2D eigenvalue weighted by Crippen LogP contribution is 2.25. The van der Waals surface area contributed by atoms with Crippen LogP contribution in [0.4, 0.5) is 0 Å². The number of amides is 2. The van der Waals surface area contributed by atoms with E-state index in [-0.39, 0.29) is 23.7 Å². The molecule has 4 heteroatoms. The number of nitrogens with zero attached hydrogens (tertiary/aromatic N) is 1. The molecule has 0 aromatic carbocycles. The molecule has 1 rings (SSSR count). The van der Waals surface area contributed by atoms with Gasteiger partial charge in [0.15, 0.2) is 0 Å². The summed E-state index contributed by atoms with van der Waals surface area (Å²) in [6, 6.07) is 0. The topological polar surface area (TPSA) is 63.4 Å². The molecule has 1 atom stereocenters. The average Bonchev–Trinajstić information content (AvgIpc) is 2.32. The lowest BCUT2D eigenvalue weighted by atomic mass is 9.94. The average molecular weight is 184 g/mol. The maximum atomic E-state index is 11.6. The Kier molecular flexibility index (Phi) is 3.03. The number of imide groups is 1. The van der Waals surface area contributed by atoms with E-state index in [1.54, 1.807) is 0 Å². The van der Waals surface area contributed by atoms with Crippen molar-refractivity contribution in [1.82, 2.24) is 4.90 Å². The van der Waals surface area contributed by atoms with Gasteiger partial charge in [0, 0.05) is 25.4 Å². The van der Waals surface area contributed by atoms with E-state index in [9.17, 15) is 9.59 Å². The molecule has 2 N–H and O–H groups in total. The van der Waals surface area contributed by atoms with Gasteiger partial charge in [-0.15, -0.1) is 0 Å². The van der Waals surface area contributed by atoms with E-state index in [2.05, 4.69) is 0 Å². The van der Waals surface area contributed by atoms with Crippen LogP contribution in [0.5, 0.6) is 0 Å².